The molecule has 0 amide bonds. The maximum absolute atomic E-state index is 13.1. The lowest BCUT2D eigenvalue weighted by molar-refractivity contribution is 0.405. The molecule has 80 valence electrons. The van der Waals surface area contributed by atoms with Crippen LogP contribution in [0.25, 0.3) is 0 Å². The van der Waals surface area contributed by atoms with E-state index in [9.17, 15) is 4.39 Å². The molecule has 0 bridgehead atoms. The van der Waals surface area contributed by atoms with Gasteiger partial charge in [-0.1, -0.05) is 0 Å². The van der Waals surface area contributed by atoms with Crippen LogP contribution in [0.3, 0.4) is 0 Å². The lowest BCUT2D eigenvalue weighted by atomic mass is 10.1. The highest BCUT2D eigenvalue weighted by molar-refractivity contribution is 9.10. The molecule has 5 heteroatoms. The van der Waals surface area contributed by atoms with E-state index >= 15 is 0 Å². The zero-order valence-corrected chi connectivity index (χ0v) is 10.3. The number of ether oxygens (including phenoxy) is 1. The highest BCUT2D eigenvalue weighted by Gasteiger charge is 2.11. The average molecular weight is 285 g/mol. The first kappa shape index (κ1) is 13.7. The van der Waals surface area contributed by atoms with Gasteiger partial charge in [-0.05, 0) is 35.0 Å². The summed E-state index contributed by atoms with van der Waals surface area (Å²) in [5.74, 6) is 0.274. The molecule has 1 aromatic carbocycles. The monoisotopic (exact) mass is 283 g/mol. The number of rotatable bonds is 2. The Balaban J connectivity index is 0.00000169. The van der Waals surface area contributed by atoms with E-state index in [4.69, 9.17) is 10.5 Å². The normalized spacial score (nSPS) is 11.8. The summed E-state index contributed by atoms with van der Waals surface area (Å²) >= 11 is 3.07. The van der Waals surface area contributed by atoms with Crippen molar-refractivity contribution in [1.82, 2.24) is 0 Å². The van der Waals surface area contributed by atoms with Crippen molar-refractivity contribution < 1.29 is 9.13 Å². The predicted octanol–water partition coefficient (Wildman–Crippen LogP) is 3.04. The number of benzene rings is 1. The molecule has 0 aliphatic heterocycles. The maximum Gasteiger partial charge on any atom is 0.137 e. The smallest absolute Gasteiger partial charge is 0.137 e. The van der Waals surface area contributed by atoms with Crippen LogP contribution in [0.4, 0.5) is 4.39 Å². The molecule has 0 fully saturated rings. The second-order valence-corrected chi connectivity index (χ2v) is 3.65. The molecule has 0 aliphatic rings. The minimum atomic E-state index is -0.326. The first-order valence-corrected chi connectivity index (χ1v) is 4.64. The van der Waals surface area contributed by atoms with Crippen LogP contribution in [0, 0.1) is 5.82 Å². The van der Waals surface area contributed by atoms with Crippen molar-refractivity contribution in [2.45, 2.75) is 13.0 Å². The minimum absolute atomic E-state index is 0. The van der Waals surface area contributed by atoms with Gasteiger partial charge in [-0.25, -0.2) is 4.39 Å². The molecule has 0 radical (unpaired) electrons. The van der Waals surface area contributed by atoms with Crippen LogP contribution < -0.4 is 10.5 Å². The summed E-state index contributed by atoms with van der Waals surface area (Å²) in [4.78, 5) is 0. The lowest BCUT2D eigenvalue weighted by Crippen LogP contribution is -2.07. The Morgan fingerprint density at radius 2 is 2.07 bits per heavy atom. The van der Waals surface area contributed by atoms with E-state index in [2.05, 4.69) is 15.9 Å². The average Bonchev–Trinajstić information content (AvgIpc) is 2.08. The van der Waals surface area contributed by atoms with E-state index in [0.717, 1.165) is 0 Å². The number of hydrogen-bond donors (Lipinski definition) is 1. The van der Waals surface area contributed by atoms with Crippen LogP contribution >= 0.6 is 28.3 Å². The Bertz CT molecular complexity index is 320. The summed E-state index contributed by atoms with van der Waals surface area (Å²) in [5.41, 5.74) is 6.32. The zero-order chi connectivity index (χ0) is 10.0. The molecule has 0 saturated heterocycles. The second-order valence-electron chi connectivity index (χ2n) is 2.80. The molecular weight excluding hydrogens is 272 g/mol. The molecule has 0 spiro atoms. The van der Waals surface area contributed by atoms with E-state index in [1.807, 2.05) is 0 Å². The molecule has 0 heterocycles. The topological polar surface area (TPSA) is 35.2 Å². The number of nitrogens with two attached hydrogens (primary N) is 1. The summed E-state index contributed by atoms with van der Waals surface area (Å²) in [5, 5.41) is 0. The van der Waals surface area contributed by atoms with Gasteiger partial charge in [0.1, 0.15) is 11.6 Å². The van der Waals surface area contributed by atoms with Crippen molar-refractivity contribution in [1.29, 1.82) is 0 Å². The Morgan fingerprint density at radius 3 is 2.50 bits per heavy atom. The highest BCUT2D eigenvalue weighted by Crippen LogP contribution is 2.29. The van der Waals surface area contributed by atoms with Crippen molar-refractivity contribution in [3.63, 3.8) is 0 Å². The Labute approximate surface area is 97.2 Å². The van der Waals surface area contributed by atoms with Crippen LogP contribution in [0.5, 0.6) is 5.75 Å². The summed E-state index contributed by atoms with van der Waals surface area (Å²) in [7, 11) is 1.53. The molecule has 0 aliphatic carbocycles. The summed E-state index contributed by atoms with van der Waals surface area (Å²) in [6.45, 7) is 1.78. The van der Waals surface area contributed by atoms with E-state index in [1.165, 1.54) is 13.2 Å². The SMILES string of the molecule is COc1cc(Br)c(F)cc1[C@H](C)N.Cl. The Hall–Kier alpha value is -0.320. The number of hydrogen-bond acceptors (Lipinski definition) is 2. The van der Waals surface area contributed by atoms with Crippen LogP contribution in [0.2, 0.25) is 0 Å². The van der Waals surface area contributed by atoms with Gasteiger partial charge in [0.05, 0.1) is 11.6 Å². The van der Waals surface area contributed by atoms with Gasteiger partial charge in [0, 0.05) is 11.6 Å². The summed E-state index contributed by atoms with van der Waals surface area (Å²) < 4.78 is 18.5. The number of methoxy groups -OCH3 is 1. The minimum Gasteiger partial charge on any atom is -0.496 e. The van der Waals surface area contributed by atoms with E-state index in [-0.39, 0.29) is 24.3 Å². The number of halogens is 3. The van der Waals surface area contributed by atoms with Crippen molar-refractivity contribution in [2.75, 3.05) is 7.11 Å². The Morgan fingerprint density at radius 1 is 1.50 bits per heavy atom. The molecule has 1 aromatic rings. The standard InChI is InChI=1S/C9H11BrFNO.ClH/c1-5(12)6-3-8(11)7(10)4-9(6)13-2;/h3-5H,12H2,1-2H3;1H/t5-;/m0./s1. The first-order valence-electron chi connectivity index (χ1n) is 3.84. The fourth-order valence-electron chi connectivity index (χ4n) is 1.08. The summed E-state index contributed by atoms with van der Waals surface area (Å²) in [6.07, 6.45) is 0. The van der Waals surface area contributed by atoms with E-state index < -0.39 is 0 Å². The third kappa shape index (κ3) is 2.83. The van der Waals surface area contributed by atoms with Gasteiger partial charge in [-0.15, -0.1) is 12.4 Å². The van der Waals surface area contributed by atoms with E-state index in [1.54, 1.807) is 13.0 Å². The third-order valence-electron chi connectivity index (χ3n) is 1.76. The van der Waals surface area contributed by atoms with Crippen molar-refractivity contribution >= 4 is 28.3 Å². The van der Waals surface area contributed by atoms with Crippen molar-refractivity contribution in [2.24, 2.45) is 5.73 Å². The quantitative estimate of drug-likeness (QED) is 0.906. The van der Waals surface area contributed by atoms with Gasteiger partial charge < -0.3 is 10.5 Å². The van der Waals surface area contributed by atoms with Gasteiger partial charge >= 0.3 is 0 Å². The highest BCUT2D eigenvalue weighted by atomic mass is 79.9. The van der Waals surface area contributed by atoms with Crippen molar-refractivity contribution in [3.8, 4) is 5.75 Å². The molecule has 14 heavy (non-hydrogen) atoms. The van der Waals surface area contributed by atoms with Crippen LogP contribution in [0.1, 0.15) is 18.5 Å². The molecular formula is C9H12BrClFNO. The summed E-state index contributed by atoms with van der Waals surface area (Å²) in [6, 6.07) is 2.72. The molecule has 0 aromatic heterocycles. The molecule has 2 N–H and O–H groups in total. The van der Waals surface area contributed by atoms with Crippen LogP contribution in [-0.2, 0) is 0 Å². The predicted molar refractivity (Wildman–Crippen MR) is 60.5 cm³/mol. The van der Waals surface area contributed by atoms with Gasteiger partial charge in [0.2, 0.25) is 0 Å². The largest absolute Gasteiger partial charge is 0.496 e. The molecule has 1 atom stereocenters. The van der Waals surface area contributed by atoms with Gasteiger partial charge in [-0.2, -0.15) is 0 Å². The second kappa shape index (κ2) is 5.53. The van der Waals surface area contributed by atoms with E-state index in [0.29, 0.717) is 15.8 Å². The van der Waals surface area contributed by atoms with Gasteiger partial charge in [0.15, 0.2) is 0 Å². The van der Waals surface area contributed by atoms with Crippen molar-refractivity contribution in [3.05, 3.63) is 28.0 Å². The first-order chi connectivity index (χ1) is 6.06. The molecule has 0 saturated carbocycles. The van der Waals surface area contributed by atoms with Crippen LogP contribution in [0.15, 0.2) is 16.6 Å². The lowest BCUT2D eigenvalue weighted by Gasteiger charge is -2.12. The van der Waals surface area contributed by atoms with Gasteiger partial charge in [-0.3, -0.25) is 0 Å². The Kier molecular flexibility index (Phi) is 5.41. The van der Waals surface area contributed by atoms with Gasteiger partial charge in [0.25, 0.3) is 0 Å². The fraction of sp³-hybridized carbons (Fsp3) is 0.333. The molecule has 1 rings (SSSR count). The molecule has 0 unspecified atom stereocenters. The maximum atomic E-state index is 13.1. The molecule has 2 nitrogen and oxygen atoms in total. The zero-order valence-electron chi connectivity index (χ0n) is 7.88. The third-order valence-corrected chi connectivity index (χ3v) is 2.37. The fourth-order valence-corrected chi connectivity index (χ4v) is 1.40. The van der Waals surface area contributed by atoms with Crippen LogP contribution in [-0.4, -0.2) is 7.11 Å².